The van der Waals surface area contributed by atoms with E-state index in [1.165, 1.54) is 25.1 Å². The van der Waals surface area contributed by atoms with Gasteiger partial charge in [-0.05, 0) is 25.1 Å². The number of nitrogens with one attached hydrogen (secondary N) is 1. The highest BCUT2D eigenvalue weighted by Gasteiger charge is 2.45. The van der Waals surface area contributed by atoms with E-state index in [0.29, 0.717) is 10.5 Å². The van der Waals surface area contributed by atoms with Crippen molar-refractivity contribution >= 4 is 93.2 Å². The quantitative estimate of drug-likeness (QED) is 0.107. The van der Waals surface area contributed by atoms with Crippen molar-refractivity contribution in [3.63, 3.8) is 0 Å². The Hall–Kier alpha value is -3.14. The average molecular weight is 629 g/mol. The second-order valence-electron chi connectivity index (χ2n) is 8.20. The molecule has 1 N–H and O–H groups in total. The fourth-order valence-corrected chi connectivity index (χ4v) is 5.01. The van der Waals surface area contributed by atoms with Crippen LogP contribution >= 0.6 is 58.0 Å². The number of benzene rings is 3. The first-order chi connectivity index (χ1) is 18.4. The molecule has 1 aliphatic heterocycles. The summed E-state index contributed by atoms with van der Waals surface area (Å²) in [7, 11) is 0. The number of ketones is 1. The Morgan fingerprint density at radius 1 is 0.846 bits per heavy atom. The van der Waals surface area contributed by atoms with Crippen molar-refractivity contribution in [1.82, 2.24) is 4.90 Å². The summed E-state index contributed by atoms with van der Waals surface area (Å²) in [6, 6.07) is 11.2. The van der Waals surface area contributed by atoms with Crippen molar-refractivity contribution < 1.29 is 28.7 Å². The van der Waals surface area contributed by atoms with Crippen LogP contribution in [0.4, 0.5) is 5.69 Å². The number of halogens is 5. The number of rotatable bonds is 7. The molecule has 0 fully saturated rings. The molecule has 4 rings (SSSR count). The predicted molar refractivity (Wildman–Crippen MR) is 147 cm³/mol. The van der Waals surface area contributed by atoms with E-state index >= 15 is 0 Å². The van der Waals surface area contributed by atoms with Crippen LogP contribution in [0, 0.1) is 0 Å². The number of imide groups is 1. The zero-order valence-electron chi connectivity index (χ0n) is 19.7. The molecule has 1 heterocycles. The standard InChI is InChI=1S/C26H15Cl5N2O6/c1-11(33-24(36)17-18(25(33)37)20(29)22(31)21(30)19(17)28)26(38)39-10-16(34)32-15-8-7-13(27)9-14(15)23(35)12-5-3-2-4-6-12/h2-9,11H,10H2,1H3,(H,32,34). The number of anilines is 1. The molecule has 0 spiro atoms. The molecule has 0 bridgehead atoms. The van der Waals surface area contributed by atoms with Gasteiger partial charge in [0.05, 0.1) is 36.9 Å². The van der Waals surface area contributed by atoms with Crippen LogP contribution in [0.2, 0.25) is 25.1 Å². The van der Waals surface area contributed by atoms with Gasteiger partial charge in [0.15, 0.2) is 12.4 Å². The van der Waals surface area contributed by atoms with E-state index in [0.717, 1.165) is 0 Å². The summed E-state index contributed by atoms with van der Waals surface area (Å²) in [6.07, 6.45) is 0. The van der Waals surface area contributed by atoms with E-state index in [4.69, 9.17) is 62.7 Å². The van der Waals surface area contributed by atoms with E-state index < -0.39 is 36.3 Å². The fraction of sp³-hybridized carbons (Fsp3) is 0.115. The van der Waals surface area contributed by atoms with Gasteiger partial charge in [0.2, 0.25) is 0 Å². The summed E-state index contributed by atoms with van der Waals surface area (Å²) in [5.74, 6) is -4.10. The van der Waals surface area contributed by atoms with Crippen molar-refractivity contribution in [1.29, 1.82) is 0 Å². The molecule has 0 saturated heterocycles. The summed E-state index contributed by atoms with van der Waals surface area (Å²) in [6.45, 7) is 0.440. The van der Waals surface area contributed by atoms with Gasteiger partial charge in [-0.1, -0.05) is 88.3 Å². The number of nitrogens with zero attached hydrogens (tertiary/aromatic N) is 1. The Bertz CT molecular complexity index is 1510. The minimum absolute atomic E-state index is 0.124. The maximum atomic E-state index is 12.9. The molecular weight excluding hydrogens is 614 g/mol. The van der Waals surface area contributed by atoms with Crippen LogP contribution in [-0.2, 0) is 14.3 Å². The van der Waals surface area contributed by atoms with Crippen molar-refractivity contribution in [2.24, 2.45) is 0 Å². The molecular formula is C26H15Cl5N2O6. The molecule has 200 valence electrons. The number of ether oxygens (including phenoxy) is 1. The van der Waals surface area contributed by atoms with Gasteiger partial charge in [-0.15, -0.1) is 0 Å². The lowest BCUT2D eigenvalue weighted by Crippen LogP contribution is -2.44. The lowest BCUT2D eigenvalue weighted by atomic mass is 10.0. The summed E-state index contributed by atoms with van der Waals surface area (Å²) < 4.78 is 5.04. The summed E-state index contributed by atoms with van der Waals surface area (Å²) >= 11 is 30.3. The Morgan fingerprint density at radius 2 is 1.41 bits per heavy atom. The molecule has 0 aromatic heterocycles. The van der Waals surface area contributed by atoms with Crippen molar-refractivity contribution in [3.8, 4) is 0 Å². The third kappa shape index (κ3) is 5.48. The Balaban J connectivity index is 1.46. The maximum Gasteiger partial charge on any atom is 0.329 e. The summed E-state index contributed by atoms with van der Waals surface area (Å²) in [4.78, 5) is 64.7. The summed E-state index contributed by atoms with van der Waals surface area (Å²) in [5.41, 5.74) is 0.0486. The van der Waals surface area contributed by atoms with E-state index in [1.54, 1.807) is 30.3 Å². The molecule has 1 unspecified atom stereocenters. The van der Waals surface area contributed by atoms with Gasteiger partial charge in [0.1, 0.15) is 6.04 Å². The maximum absolute atomic E-state index is 12.9. The Kier molecular flexibility index (Phi) is 8.54. The van der Waals surface area contributed by atoms with Crippen LogP contribution in [-0.4, -0.2) is 47.0 Å². The molecule has 13 heteroatoms. The zero-order chi connectivity index (χ0) is 28.6. The minimum Gasteiger partial charge on any atom is -0.454 e. The first-order valence-corrected chi connectivity index (χ1v) is 12.9. The Morgan fingerprint density at radius 3 is 1.97 bits per heavy atom. The van der Waals surface area contributed by atoms with Gasteiger partial charge in [-0.2, -0.15) is 0 Å². The molecule has 1 aliphatic rings. The molecule has 3 amide bonds. The third-order valence-corrected chi connectivity index (χ3v) is 7.78. The van der Waals surface area contributed by atoms with Crippen molar-refractivity contribution in [2.45, 2.75) is 13.0 Å². The number of carbonyl (C=O) groups is 5. The van der Waals surface area contributed by atoms with Gasteiger partial charge in [-0.25, -0.2) is 4.79 Å². The Labute approximate surface area is 246 Å². The van der Waals surface area contributed by atoms with Gasteiger partial charge < -0.3 is 10.1 Å². The number of fused-ring (bicyclic) bond motifs is 1. The highest BCUT2D eigenvalue weighted by atomic mass is 35.5. The monoisotopic (exact) mass is 626 g/mol. The molecule has 3 aromatic carbocycles. The lowest BCUT2D eigenvalue weighted by Gasteiger charge is -2.21. The average Bonchev–Trinajstić information content (AvgIpc) is 3.19. The van der Waals surface area contributed by atoms with Crippen LogP contribution in [0.5, 0.6) is 0 Å². The largest absolute Gasteiger partial charge is 0.454 e. The molecule has 0 aliphatic carbocycles. The highest BCUT2D eigenvalue weighted by molar-refractivity contribution is 6.55. The summed E-state index contributed by atoms with van der Waals surface area (Å²) in [5, 5.41) is 1.77. The fourth-order valence-electron chi connectivity index (χ4n) is 3.83. The number of esters is 1. The van der Waals surface area contributed by atoms with Crippen LogP contribution in [0.25, 0.3) is 0 Å². The normalized spacial score (nSPS) is 13.2. The third-order valence-electron chi connectivity index (χ3n) is 5.74. The zero-order valence-corrected chi connectivity index (χ0v) is 23.5. The second kappa shape index (κ2) is 11.5. The molecule has 3 aromatic rings. The van der Waals surface area contributed by atoms with E-state index in [2.05, 4.69) is 5.32 Å². The first-order valence-electron chi connectivity index (χ1n) is 11.0. The number of amides is 3. The van der Waals surface area contributed by atoms with Gasteiger partial charge in [0, 0.05) is 16.1 Å². The van der Waals surface area contributed by atoms with Crippen LogP contribution in [0.3, 0.4) is 0 Å². The first kappa shape index (κ1) is 28.9. The lowest BCUT2D eigenvalue weighted by molar-refractivity contribution is -0.150. The highest BCUT2D eigenvalue weighted by Crippen LogP contribution is 2.45. The molecule has 0 radical (unpaired) electrons. The number of hydrogen-bond acceptors (Lipinski definition) is 6. The molecule has 1 atom stereocenters. The van der Waals surface area contributed by atoms with Gasteiger partial charge >= 0.3 is 5.97 Å². The van der Waals surface area contributed by atoms with Crippen LogP contribution in [0.1, 0.15) is 43.6 Å². The van der Waals surface area contributed by atoms with Gasteiger partial charge in [0.25, 0.3) is 17.7 Å². The minimum atomic E-state index is -1.46. The van der Waals surface area contributed by atoms with Crippen molar-refractivity contribution in [3.05, 3.63) is 95.9 Å². The van der Waals surface area contributed by atoms with Crippen LogP contribution in [0.15, 0.2) is 48.5 Å². The number of carbonyl (C=O) groups excluding carboxylic acids is 5. The SMILES string of the molecule is CC(C(=O)OCC(=O)Nc1ccc(Cl)cc1C(=O)c1ccccc1)N1C(=O)c2c(Cl)c(Cl)c(Cl)c(Cl)c2C1=O. The topological polar surface area (TPSA) is 110 Å². The molecule has 8 nitrogen and oxygen atoms in total. The molecule has 39 heavy (non-hydrogen) atoms. The molecule has 0 saturated carbocycles. The second-order valence-corrected chi connectivity index (χ2v) is 10.2. The van der Waals surface area contributed by atoms with Crippen LogP contribution < -0.4 is 5.32 Å². The van der Waals surface area contributed by atoms with E-state index in [-0.39, 0.29) is 53.3 Å². The number of hydrogen-bond donors (Lipinski definition) is 1. The van der Waals surface area contributed by atoms with Gasteiger partial charge in [-0.3, -0.25) is 24.1 Å². The van der Waals surface area contributed by atoms with E-state index in [9.17, 15) is 24.0 Å². The predicted octanol–water partition coefficient (Wildman–Crippen LogP) is 6.35. The smallest absolute Gasteiger partial charge is 0.329 e. The van der Waals surface area contributed by atoms with Crippen molar-refractivity contribution in [2.75, 3.05) is 11.9 Å². The van der Waals surface area contributed by atoms with E-state index in [1.807, 2.05) is 0 Å².